The highest BCUT2D eigenvalue weighted by Gasteiger charge is 2.46. The quantitative estimate of drug-likeness (QED) is 0.800. The first-order valence-corrected chi connectivity index (χ1v) is 6.92. The number of rotatable bonds is 4. The van der Waals surface area contributed by atoms with Gasteiger partial charge in [0.05, 0.1) is 12.5 Å². The maximum atomic E-state index is 11.9. The molecule has 0 saturated heterocycles. The van der Waals surface area contributed by atoms with Crippen molar-refractivity contribution in [2.24, 2.45) is 5.41 Å². The monoisotopic (exact) mass is 311 g/mol. The van der Waals surface area contributed by atoms with Gasteiger partial charge in [-0.05, 0) is 37.1 Å². The van der Waals surface area contributed by atoms with E-state index in [0.717, 1.165) is 36.0 Å². The van der Waals surface area contributed by atoms with Crippen LogP contribution >= 0.6 is 15.9 Å². The minimum Gasteiger partial charge on any atom is -0.469 e. The molecule has 0 aromatic heterocycles. The third kappa shape index (κ3) is 2.53. The number of hydrogen-bond donors (Lipinski definition) is 0. The second-order valence-corrected chi connectivity index (χ2v) is 5.87. The molecule has 0 amide bonds. The molecule has 1 aliphatic rings. The summed E-state index contributed by atoms with van der Waals surface area (Å²) in [6.07, 6.45) is 2.98. The second kappa shape index (κ2) is 5.31. The summed E-state index contributed by atoms with van der Waals surface area (Å²) in [6, 6.07) is 8.12. The summed E-state index contributed by atoms with van der Waals surface area (Å²) in [6.45, 7) is 0.724. The molecule has 1 saturated carbocycles. The lowest BCUT2D eigenvalue weighted by Gasteiger charge is -2.42. The minimum atomic E-state index is -0.295. The van der Waals surface area contributed by atoms with E-state index in [0.29, 0.717) is 0 Å². The van der Waals surface area contributed by atoms with Gasteiger partial charge >= 0.3 is 5.97 Å². The highest BCUT2D eigenvalue weighted by molar-refractivity contribution is 9.10. The predicted octanol–water partition coefficient (Wildman–Crippen LogP) is 3.23. The Labute approximate surface area is 116 Å². The lowest BCUT2D eigenvalue weighted by atomic mass is 9.68. The van der Waals surface area contributed by atoms with E-state index in [4.69, 9.17) is 4.74 Å². The van der Waals surface area contributed by atoms with Gasteiger partial charge in [-0.3, -0.25) is 4.79 Å². The standard InChI is InChI=1S/C14H18BrNO2/c1-16(12-6-4-11(15)5-7-12)10-14(8-3-9-14)13(17)18-2/h4-7H,3,8-10H2,1-2H3. The SMILES string of the molecule is COC(=O)C1(CN(C)c2ccc(Br)cc2)CCC1. The Balaban J connectivity index is 2.08. The van der Waals surface area contributed by atoms with E-state index in [1.807, 2.05) is 31.3 Å². The van der Waals surface area contributed by atoms with Crippen molar-refractivity contribution in [2.75, 3.05) is 25.6 Å². The van der Waals surface area contributed by atoms with Gasteiger partial charge in [0.1, 0.15) is 0 Å². The summed E-state index contributed by atoms with van der Waals surface area (Å²) >= 11 is 3.42. The van der Waals surface area contributed by atoms with Gasteiger partial charge in [-0.25, -0.2) is 0 Å². The van der Waals surface area contributed by atoms with E-state index < -0.39 is 0 Å². The normalized spacial score (nSPS) is 16.8. The Hall–Kier alpha value is -1.03. The van der Waals surface area contributed by atoms with Crippen LogP contribution in [0.15, 0.2) is 28.7 Å². The van der Waals surface area contributed by atoms with Crippen molar-refractivity contribution < 1.29 is 9.53 Å². The van der Waals surface area contributed by atoms with Crippen molar-refractivity contribution in [3.63, 3.8) is 0 Å². The number of nitrogens with zero attached hydrogens (tertiary/aromatic N) is 1. The Morgan fingerprint density at radius 3 is 2.44 bits per heavy atom. The molecule has 3 nitrogen and oxygen atoms in total. The summed E-state index contributed by atoms with van der Waals surface area (Å²) in [4.78, 5) is 14.0. The molecule has 0 unspecified atom stereocenters. The van der Waals surface area contributed by atoms with E-state index in [2.05, 4.69) is 20.8 Å². The third-order valence-electron chi connectivity index (χ3n) is 3.74. The van der Waals surface area contributed by atoms with E-state index in [1.54, 1.807) is 0 Å². The number of esters is 1. The zero-order valence-electron chi connectivity index (χ0n) is 10.8. The van der Waals surface area contributed by atoms with Gasteiger partial charge in [0.15, 0.2) is 0 Å². The van der Waals surface area contributed by atoms with Crippen LogP contribution in [0.1, 0.15) is 19.3 Å². The van der Waals surface area contributed by atoms with Gasteiger partial charge in [0.25, 0.3) is 0 Å². The summed E-state index contributed by atoms with van der Waals surface area (Å²) < 4.78 is 6.00. The zero-order chi connectivity index (χ0) is 13.2. The number of methoxy groups -OCH3 is 1. The van der Waals surface area contributed by atoms with E-state index in [-0.39, 0.29) is 11.4 Å². The van der Waals surface area contributed by atoms with Gasteiger partial charge < -0.3 is 9.64 Å². The van der Waals surface area contributed by atoms with Crippen LogP contribution in [0.5, 0.6) is 0 Å². The van der Waals surface area contributed by atoms with Gasteiger partial charge in [-0.15, -0.1) is 0 Å². The number of benzene rings is 1. The average molecular weight is 312 g/mol. The maximum Gasteiger partial charge on any atom is 0.313 e. The van der Waals surface area contributed by atoms with Crippen molar-refractivity contribution in [3.8, 4) is 0 Å². The van der Waals surface area contributed by atoms with Crippen molar-refractivity contribution in [2.45, 2.75) is 19.3 Å². The van der Waals surface area contributed by atoms with Gasteiger partial charge in [-0.2, -0.15) is 0 Å². The van der Waals surface area contributed by atoms with Crippen LogP contribution < -0.4 is 4.90 Å². The van der Waals surface area contributed by atoms with Crippen LogP contribution in [0.4, 0.5) is 5.69 Å². The molecule has 1 fully saturated rings. The van der Waals surface area contributed by atoms with Crippen molar-refractivity contribution in [1.82, 2.24) is 0 Å². The van der Waals surface area contributed by atoms with Gasteiger partial charge in [0.2, 0.25) is 0 Å². The number of anilines is 1. The first-order chi connectivity index (χ1) is 8.57. The topological polar surface area (TPSA) is 29.5 Å². The number of carbonyl (C=O) groups is 1. The molecule has 18 heavy (non-hydrogen) atoms. The molecular weight excluding hydrogens is 294 g/mol. The summed E-state index contributed by atoms with van der Waals surface area (Å²) in [5.74, 6) is -0.0716. The Morgan fingerprint density at radius 2 is 2.00 bits per heavy atom. The fourth-order valence-electron chi connectivity index (χ4n) is 2.49. The van der Waals surface area contributed by atoms with Crippen molar-refractivity contribution in [3.05, 3.63) is 28.7 Å². The van der Waals surface area contributed by atoms with Gasteiger partial charge in [0, 0.05) is 23.8 Å². The minimum absolute atomic E-state index is 0.0716. The molecule has 0 radical (unpaired) electrons. The van der Waals surface area contributed by atoms with Crippen LogP contribution in [-0.4, -0.2) is 26.7 Å². The molecule has 0 aliphatic heterocycles. The van der Waals surface area contributed by atoms with Gasteiger partial charge in [-0.1, -0.05) is 22.4 Å². The molecule has 0 heterocycles. The number of carbonyl (C=O) groups excluding carboxylic acids is 1. The van der Waals surface area contributed by atoms with Crippen LogP contribution in [0.2, 0.25) is 0 Å². The molecule has 1 aliphatic carbocycles. The van der Waals surface area contributed by atoms with E-state index in [1.165, 1.54) is 7.11 Å². The largest absolute Gasteiger partial charge is 0.469 e. The third-order valence-corrected chi connectivity index (χ3v) is 4.26. The smallest absolute Gasteiger partial charge is 0.313 e. The summed E-state index contributed by atoms with van der Waals surface area (Å²) in [7, 11) is 3.49. The van der Waals surface area contributed by atoms with Crippen LogP contribution in [0, 0.1) is 5.41 Å². The fraction of sp³-hybridized carbons (Fsp3) is 0.500. The number of halogens is 1. The number of ether oxygens (including phenoxy) is 1. The Kier molecular flexibility index (Phi) is 3.95. The molecule has 0 bridgehead atoms. The lowest BCUT2D eigenvalue weighted by Crippen LogP contribution is -2.47. The maximum absolute atomic E-state index is 11.9. The summed E-state index contributed by atoms with van der Waals surface area (Å²) in [5.41, 5.74) is 0.824. The molecular formula is C14H18BrNO2. The molecule has 2 rings (SSSR count). The molecule has 4 heteroatoms. The first kappa shape index (κ1) is 13.4. The molecule has 0 atom stereocenters. The van der Waals surface area contributed by atoms with Crippen molar-refractivity contribution in [1.29, 1.82) is 0 Å². The second-order valence-electron chi connectivity index (χ2n) is 4.96. The highest BCUT2D eigenvalue weighted by atomic mass is 79.9. The predicted molar refractivity (Wildman–Crippen MR) is 75.7 cm³/mol. The summed E-state index contributed by atoms with van der Waals surface area (Å²) in [5, 5.41) is 0. The molecule has 1 aromatic rings. The van der Waals surface area contributed by atoms with E-state index >= 15 is 0 Å². The van der Waals surface area contributed by atoms with Crippen molar-refractivity contribution >= 4 is 27.6 Å². The number of hydrogen-bond acceptors (Lipinski definition) is 3. The van der Waals surface area contributed by atoms with E-state index in [9.17, 15) is 4.79 Å². The molecule has 0 N–H and O–H groups in total. The van der Waals surface area contributed by atoms with Crippen LogP contribution in [0.3, 0.4) is 0 Å². The average Bonchev–Trinajstić information content (AvgIpc) is 2.33. The van der Waals surface area contributed by atoms with Crippen LogP contribution in [0.25, 0.3) is 0 Å². The lowest BCUT2D eigenvalue weighted by molar-refractivity contribution is -0.157. The molecule has 0 spiro atoms. The molecule has 1 aromatic carbocycles. The Morgan fingerprint density at radius 1 is 1.39 bits per heavy atom. The zero-order valence-corrected chi connectivity index (χ0v) is 12.4. The molecule has 98 valence electrons. The fourth-order valence-corrected chi connectivity index (χ4v) is 2.75. The first-order valence-electron chi connectivity index (χ1n) is 6.12. The van der Waals surface area contributed by atoms with Crippen LogP contribution in [-0.2, 0) is 9.53 Å². The Bertz CT molecular complexity index is 426. The highest BCUT2D eigenvalue weighted by Crippen LogP contribution is 2.43.